The first-order valence-corrected chi connectivity index (χ1v) is 11.1. The van der Waals surface area contributed by atoms with Gasteiger partial charge in [0.25, 0.3) is 0 Å². The quantitative estimate of drug-likeness (QED) is 0.399. The van der Waals surface area contributed by atoms with E-state index in [1.807, 2.05) is 6.21 Å². The van der Waals surface area contributed by atoms with Crippen molar-refractivity contribution in [3.05, 3.63) is 0 Å². The molecule has 0 bridgehead atoms. The van der Waals surface area contributed by atoms with Crippen LogP contribution in [0.3, 0.4) is 0 Å². The minimum Gasteiger partial charge on any atom is -0.395 e. The van der Waals surface area contributed by atoms with Gasteiger partial charge in [-0.2, -0.15) is 0 Å². The summed E-state index contributed by atoms with van der Waals surface area (Å²) in [5, 5.41) is 25.8. The van der Waals surface area contributed by atoms with Gasteiger partial charge >= 0.3 is 0 Å². The molecule has 5 nitrogen and oxygen atoms in total. The molecule has 4 aliphatic carbocycles. The average molecular weight is 379 g/mol. The lowest BCUT2D eigenvalue weighted by Gasteiger charge is -2.62. The van der Waals surface area contributed by atoms with Gasteiger partial charge in [0.05, 0.1) is 12.2 Å². The molecule has 0 saturated heterocycles. The lowest BCUT2D eigenvalue weighted by Crippen LogP contribution is -2.58. The molecule has 4 saturated carbocycles. The van der Waals surface area contributed by atoms with Crippen molar-refractivity contribution in [3.8, 4) is 0 Å². The van der Waals surface area contributed by atoms with Crippen LogP contribution in [-0.2, 0) is 4.84 Å². The molecule has 9 unspecified atom stereocenters. The minimum atomic E-state index is -0.225. The minimum absolute atomic E-state index is 0.0777. The third-order valence-corrected chi connectivity index (χ3v) is 9.23. The first-order valence-electron chi connectivity index (χ1n) is 11.1. The van der Waals surface area contributed by atoms with Crippen molar-refractivity contribution in [3.63, 3.8) is 0 Å². The van der Waals surface area contributed by atoms with Crippen LogP contribution in [0.25, 0.3) is 0 Å². The van der Waals surface area contributed by atoms with E-state index in [9.17, 15) is 10.2 Å². The molecule has 4 fully saturated rings. The number of aliphatic hydroxyl groups is 2. The number of nitrogens with two attached hydrogens (primary N) is 1. The van der Waals surface area contributed by atoms with Crippen molar-refractivity contribution in [1.82, 2.24) is 0 Å². The number of oxime groups is 1. The Morgan fingerprint density at radius 1 is 1.00 bits per heavy atom. The highest BCUT2D eigenvalue weighted by atomic mass is 16.6. The maximum atomic E-state index is 11.2. The number of nitrogens with zero attached hydrogens (tertiary/aromatic N) is 1. The Morgan fingerprint density at radius 3 is 2.52 bits per heavy atom. The Kier molecular flexibility index (Phi) is 5.32. The van der Waals surface area contributed by atoms with Crippen molar-refractivity contribution < 1.29 is 15.1 Å². The first kappa shape index (κ1) is 19.7. The molecule has 0 aromatic rings. The van der Waals surface area contributed by atoms with E-state index >= 15 is 0 Å². The maximum absolute atomic E-state index is 11.2. The highest BCUT2D eigenvalue weighted by Gasteiger charge is 2.61. The van der Waals surface area contributed by atoms with Gasteiger partial charge in [-0.3, -0.25) is 0 Å². The monoisotopic (exact) mass is 378 g/mol. The summed E-state index contributed by atoms with van der Waals surface area (Å²) >= 11 is 0. The van der Waals surface area contributed by atoms with Crippen LogP contribution in [-0.4, -0.2) is 41.8 Å². The number of hydrogen-bond acceptors (Lipinski definition) is 5. The Bertz CT molecular complexity index is 570. The van der Waals surface area contributed by atoms with Gasteiger partial charge in [0.1, 0.15) is 6.61 Å². The van der Waals surface area contributed by atoms with Gasteiger partial charge in [0.15, 0.2) is 0 Å². The molecule has 4 aliphatic rings. The smallest absolute Gasteiger partial charge is 0.129 e. The normalized spacial score (nSPS) is 52.3. The Morgan fingerprint density at radius 2 is 1.74 bits per heavy atom. The largest absolute Gasteiger partial charge is 0.395 e. The first-order chi connectivity index (χ1) is 12.9. The van der Waals surface area contributed by atoms with Crippen molar-refractivity contribution in [2.75, 3.05) is 13.2 Å². The fourth-order valence-electron chi connectivity index (χ4n) is 7.67. The van der Waals surface area contributed by atoms with E-state index in [1.54, 1.807) is 0 Å². The Balaban J connectivity index is 1.50. The molecule has 0 heterocycles. The molecule has 4 N–H and O–H groups in total. The number of hydrogen-bond donors (Lipinski definition) is 3. The second-order valence-electron chi connectivity index (χ2n) is 10.3. The zero-order valence-electron chi connectivity index (χ0n) is 17.0. The average Bonchev–Trinajstić information content (AvgIpc) is 2.95. The Labute approximate surface area is 163 Å². The maximum Gasteiger partial charge on any atom is 0.129 e. The Hall–Kier alpha value is -0.650. The fraction of sp³-hybridized carbons (Fsp3) is 0.955. The predicted molar refractivity (Wildman–Crippen MR) is 106 cm³/mol. The second kappa shape index (κ2) is 7.31. The van der Waals surface area contributed by atoms with Crippen LogP contribution in [0.4, 0.5) is 0 Å². The molecule has 27 heavy (non-hydrogen) atoms. The molecule has 0 aromatic carbocycles. The third kappa shape index (κ3) is 3.14. The molecule has 0 amide bonds. The van der Waals surface area contributed by atoms with E-state index in [0.717, 1.165) is 44.9 Å². The van der Waals surface area contributed by atoms with Crippen LogP contribution in [0.5, 0.6) is 0 Å². The summed E-state index contributed by atoms with van der Waals surface area (Å²) in [4.78, 5) is 5.19. The topological polar surface area (TPSA) is 88.1 Å². The lowest BCUT2D eigenvalue weighted by atomic mass is 9.44. The van der Waals surface area contributed by atoms with Gasteiger partial charge in [-0.05, 0) is 91.8 Å². The van der Waals surface area contributed by atoms with Crippen LogP contribution < -0.4 is 5.73 Å². The summed E-state index contributed by atoms with van der Waals surface area (Å²) in [6.07, 6.45) is 10.2. The van der Waals surface area contributed by atoms with E-state index < -0.39 is 0 Å². The molecule has 4 rings (SSSR count). The molecule has 0 radical (unpaired) electrons. The highest BCUT2D eigenvalue weighted by Crippen LogP contribution is 2.66. The van der Waals surface area contributed by atoms with Crippen LogP contribution in [0, 0.1) is 40.4 Å². The van der Waals surface area contributed by atoms with Gasteiger partial charge < -0.3 is 20.8 Å². The van der Waals surface area contributed by atoms with E-state index in [0.29, 0.717) is 42.7 Å². The van der Waals surface area contributed by atoms with Crippen molar-refractivity contribution in [2.24, 2.45) is 51.3 Å². The van der Waals surface area contributed by atoms with Crippen LogP contribution in [0.2, 0.25) is 0 Å². The summed E-state index contributed by atoms with van der Waals surface area (Å²) in [7, 11) is 0. The van der Waals surface area contributed by atoms with E-state index in [2.05, 4.69) is 19.0 Å². The van der Waals surface area contributed by atoms with Crippen LogP contribution in [0.15, 0.2) is 5.16 Å². The number of aliphatic hydroxyl groups excluding tert-OH is 2. The van der Waals surface area contributed by atoms with Crippen LogP contribution in [0.1, 0.15) is 65.2 Å². The summed E-state index contributed by atoms with van der Waals surface area (Å²) < 4.78 is 0. The third-order valence-electron chi connectivity index (χ3n) is 9.23. The van der Waals surface area contributed by atoms with E-state index in [4.69, 9.17) is 10.6 Å². The van der Waals surface area contributed by atoms with Gasteiger partial charge in [-0.1, -0.05) is 19.0 Å². The van der Waals surface area contributed by atoms with Crippen LogP contribution >= 0.6 is 0 Å². The highest BCUT2D eigenvalue weighted by molar-refractivity contribution is 5.60. The summed E-state index contributed by atoms with van der Waals surface area (Å²) in [6.45, 7) is 5.70. The van der Waals surface area contributed by atoms with E-state index in [-0.39, 0.29) is 23.0 Å². The molecular weight excluding hydrogens is 340 g/mol. The van der Waals surface area contributed by atoms with Gasteiger partial charge in [-0.15, -0.1) is 0 Å². The van der Waals surface area contributed by atoms with E-state index in [1.165, 1.54) is 6.42 Å². The summed E-state index contributed by atoms with van der Waals surface area (Å²) in [5.41, 5.74) is 5.74. The molecule has 0 aromatic heterocycles. The standard InChI is InChI=1S/C22H38N2O3/c1-21-7-5-14(13-24-27-10-9-23)11-18(21)19(25)12-15-16-3-4-20(26)22(16,2)8-6-17(15)21/h13-20,25-26H,3-12,23H2,1-2H3. The predicted octanol–water partition coefficient (Wildman–Crippen LogP) is 2.94. The van der Waals surface area contributed by atoms with Gasteiger partial charge in [0, 0.05) is 12.8 Å². The van der Waals surface area contributed by atoms with Crippen molar-refractivity contribution in [1.29, 1.82) is 0 Å². The molecule has 0 spiro atoms. The fourth-order valence-corrected chi connectivity index (χ4v) is 7.67. The van der Waals surface area contributed by atoms with Gasteiger partial charge in [0.2, 0.25) is 0 Å². The SMILES string of the molecule is CC12CCC3C(CC(O)C4CC(C=NOCCN)CCC43C)C1CCC2O. The molecule has 154 valence electrons. The van der Waals surface area contributed by atoms with Crippen molar-refractivity contribution in [2.45, 2.75) is 77.4 Å². The van der Waals surface area contributed by atoms with Crippen molar-refractivity contribution >= 4 is 6.21 Å². The molecular formula is C22H38N2O3. The molecule has 5 heteroatoms. The molecule has 0 aliphatic heterocycles. The number of fused-ring (bicyclic) bond motifs is 5. The zero-order valence-corrected chi connectivity index (χ0v) is 17.0. The number of rotatable bonds is 4. The molecule has 9 atom stereocenters. The summed E-state index contributed by atoms with van der Waals surface area (Å²) in [6, 6.07) is 0. The summed E-state index contributed by atoms with van der Waals surface area (Å²) in [5.74, 6) is 2.61. The lowest BCUT2D eigenvalue weighted by molar-refractivity contribution is -0.165. The second-order valence-corrected chi connectivity index (χ2v) is 10.3. The van der Waals surface area contributed by atoms with Gasteiger partial charge in [-0.25, -0.2) is 0 Å². The zero-order chi connectivity index (χ0) is 19.2.